The van der Waals surface area contributed by atoms with Crippen molar-refractivity contribution in [1.82, 2.24) is 10.2 Å². The number of hydrogen-bond donors (Lipinski definition) is 3. The Balaban J connectivity index is 1.76. The number of aliphatic carboxylic acids is 2. The lowest BCUT2D eigenvalue weighted by Gasteiger charge is -2.37. The maximum absolute atomic E-state index is 13.3. The smallest absolute Gasteiger partial charge is 0.326 e. The van der Waals surface area contributed by atoms with Crippen molar-refractivity contribution in [3.63, 3.8) is 0 Å². The monoisotopic (exact) mass is 470 g/mol. The van der Waals surface area contributed by atoms with Crippen LogP contribution in [0, 0.1) is 0 Å². The molecule has 3 atom stereocenters. The van der Waals surface area contributed by atoms with Crippen molar-refractivity contribution < 1.29 is 34.1 Å². The van der Waals surface area contributed by atoms with E-state index in [1.54, 1.807) is 19.1 Å². The number of ether oxygens (including phenoxy) is 2. The lowest BCUT2D eigenvalue weighted by Crippen LogP contribution is -2.56. The summed E-state index contributed by atoms with van der Waals surface area (Å²) in [5.74, 6) is -1.69. The number of aryl methyl sites for hydroxylation is 1. The average molecular weight is 471 g/mol. The van der Waals surface area contributed by atoms with Crippen LogP contribution in [-0.4, -0.2) is 65.3 Å². The zero-order chi connectivity index (χ0) is 24.8. The number of methoxy groups -OCH3 is 2. The number of amides is 1. The summed E-state index contributed by atoms with van der Waals surface area (Å²) in [5.41, 5.74) is 2.52. The van der Waals surface area contributed by atoms with Crippen molar-refractivity contribution in [3.8, 4) is 11.5 Å². The van der Waals surface area contributed by atoms with Gasteiger partial charge in [-0.05, 0) is 48.6 Å². The van der Waals surface area contributed by atoms with Crippen LogP contribution >= 0.6 is 0 Å². The summed E-state index contributed by atoms with van der Waals surface area (Å²) in [6.07, 6.45) is 0.932. The molecule has 0 bridgehead atoms. The molecule has 34 heavy (non-hydrogen) atoms. The van der Waals surface area contributed by atoms with Crippen LogP contribution in [0.2, 0.25) is 0 Å². The maximum Gasteiger partial charge on any atom is 0.326 e. The molecule has 9 nitrogen and oxygen atoms in total. The molecule has 0 unspecified atom stereocenters. The second kappa shape index (κ2) is 11.0. The number of carboxylic acids is 2. The average Bonchev–Trinajstić information content (AvgIpc) is 2.84. The summed E-state index contributed by atoms with van der Waals surface area (Å²) < 4.78 is 10.7. The molecular formula is C25H30N2O7. The van der Waals surface area contributed by atoms with Gasteiger partial charge < -0.3 is 24.6 Å². The molecule has 0 aliphatic carbocycles. The zero-order valence-electron chi connectivity index (χ0n) is 19.5. The van der Waals surface area contributed by atoms with Gasteiger partial charge in [0.2, 0.25) is 5.91 Å². The first-order chi connectivity index (χ1) is 16.2. The van der Waals surface area contributed by atoms with E-state index in [9.17, 15) is 24.6 Å². The molecule has 0 aromatic heterocycles. The van der Waals surface area contributed by atoms with E-state index in [2.05, 4.69) is 5.32 Å². The number of nitrogens with one attached hydrogen (secondary N) is 1. The third kappa shape index (κ3) is 5.66. The molecule has 0 radical (unpaired) electrons. The van der Waals surface area contributed by atoms with Crippen molar-refractivity contribution in [3.05, 3.63) is 59.2 Å². The van der Waals surface area contributed by atoms with Crippen LogP contribution in [0.25, 0.3) is 0 Å². The largest absolute Gasteiger partial charge is 0.493 e. The van der Waals surface area contributed by atoms with Crippen LogP contribution in [0.4, 0.5) is 0 Å². The molecule has 2 aromatic carbocycles. The second-order valence-corrected chi connectivity index (χ2v) is 8.30. The highest BCUT2D eigenvalue weighted by atomic mass is 16.5. The predicted octanol–water partition coefficient (Wildman–Crippen LogP) is 2.11. The fourth-order valence-corrected chi connectivity index (χ4v) is 4.22. The Hall–Kier alpha value is -3.59. The Morgan fingerprint density at radius 1 is 1.06 bits per heavy atom. The third-order valence-electron chi connectivity index (χ3n) is 6.09. The first kappa shape index (κ1) is 25.0. The van der Waals surface area contributed by atoms with Gasteiger partial charge in [0.1, 0.15) is 12.1 Å². The summed E-state index contributed by atoms with van der Waals surface area (Å²) in [4.78, 5) is 38.4. The molecule has 9 heteroatoms. The number of nitrogens with zero attached hydrogens (tertiary/aromatic N) is 1. The van der Waals surface area contributed by atoms with Gasteiger partial charge in [0.25, 0.3) is 0 Å². The first-order valence-electron chi connectivity index (χ1n) is 11.0. The van der Waals surface area contributed by atoms with E-state index in [-0.39, 0.29) is 13.0 Å². The number of carboxylic acid groups (broad SMARTS) is 2. The van der Waals surface area contributed by atoms with E-state index in [4.69, 9.17) is 9.47 Å². The Labute approximate surface area is 198 Å². The topological polar surface area (TPSA) is 125 Å². The molecule has 182 valence electrons. The summed E-state index contributed by atoms with van der Waals surface area (Å²) in [6.45, 7) is 1.63. The highest BCUT2D eigenvalue weighted by Crippen LogP contribution is 2.35. The fourth-order valence-electron chi connectivity index (χ4n) is 4.22. The normalized spacial score (nSPS) is 16.8. The SMILES string of the molecule is COc1cc2c(cc1OC)CN(C(=O)[C@@H](C)N[C@@H](CCc1ccccc1)C(=O)O)[C@@H](C(=O)O)C2. The quantitative estimate of drug-likeness (QED) is 0.482. The molecule has 3 rings (SSSR count). The Morgan fingerprint density at radius 3 is 2.24 bits per heavy atom. The Morgan fingerprint density at radius 2 is 1.68 bits per heavy atom. The van der Waals surface area contributed by atoms with Gasteiger partial charge in [0.15, 0.2) is 11.5 Å². The highest BCUT2D eigenvalue weighted by molar-refractivity contribution is 5.88. The van der Waals surface area contributed by atoms with E-state index in [1.165, 1.54) is 19.1 Å². The Bertz CT molecular complexity index is 1040. The summed E-state index contributed by atoms with van der Waals surface area (Å²) >= 11 is 0. The number of carbonyl (C=O) groups excluding carboxylic acids is 1. The van der Waals surface area contributed by atoms with Gasteiger partial charge in [-0.1, -0.05) is 30.3 Å². The minimum Gasteiger partial charge on any atom is -0.493 e. The molecule has 1 aliphatic rings. The predicted molar refractivity (Wildman–Crippen MR) is 124 cm³/mol. The van der Waals surface area contributed by atoms with Gasteiger partial charge in [-0.3, -0.25) is 14.9 Å². The molecule has 0 spiro atoms. The van der Waals surface area contributed by atoms with Crippen molar-refractivity contribution in [2.45, 2.75) is 50.9 Å². The molecule has 1 amide bonds. The van der Waals surface area contributed by atoms with Crippen LogP contribution in [0.3, 0.4) is 0 Å². The minimum absolute atomic E-state index is 0.0687. The van der Waals surface area contributed by atoms with E-state index in [0.29, 0.717) is 24.3 Å². The summed E-state index contributed by atoms with van der Waals surface area (Å²) in [5, 5.41) is 22.4. The van der Waals surface area contributed by atoms with Gasteiger partial charge in [0, 0.05) is 13.0 Å². The fraction of sp³-hybridized carbons (Fsp3) is 0.400. The third-order valence-corrected chi connectivity index (χ3v) is 6.09. The second-order valence-electron chi connectivity index (χ2n) is 8.30. The number of rotatable bonds is 10. The van der Waals surface area contributed by atoms with E-state index in [0.717, 1.165) is 16.7 Å². The molecule has 3 N–H and O–H groups in total. The number of hydrogen-bond acceptors (Lipinski definition) is 6. The number of fused-ring (bicyclic) bond motifs is 1. The molecule has 2 aromatic rings. The van der Waals surface area contributed by atoms with E-state index < -0.39 is 36.0 Å². The van der Waals surface area contributed by atoms with Gasteiger partial charge in [0.05, 0.1) is 20.3 Å². The van der Waals surface area contributed by atoms with Crippen molar-refractivity contribution >= 4 is 17.8 Å². The first-order valence-corrected chi connectivity index (χ1v) is 11.0. The molecule has 0 saturated heterocycles. The standard InChI is InChI=1S/C25H30N2O7/c1-15(26-19(24(29)30)10-9-16-7-5-4-6-8-16)23(28)27-14-18-13-22(34-3)21(33-2)12-17(18)11-20(27)25(31)32/h4-8,12-13,15,19-20,26H,9-11,14H2,1-3H3,(H,29,30)(H,31,32)/t15-,19+,20-/m1/s1. The van der Waals surface area contributed by atoms with Gasteiger partial charge in [-0.25, -0.2) is 4.79 Å². The number of benzene rings is 2. The van der Waals surface area contributed by atoms with Crippen LogP contribution in [0.5, 0.6) is 11.5 Å². The van der Waals surface area contributed by atoms with Crippen molar-refractivity contribution in [2.24, 2.45) is 0 Å². The summed E-state index contributed by atoms with van der Waals surface area (Å²) in [6, 6.07) is 10.0. The van der Waals surface area contributed by atoms with Crippen molar-refractivity contribution in [2.75, 3.05) is 14.2 Å². The lowest BCUT2D eigenvalue weighted by atomic mass is 9.92. The minimum atomic E-state index is -1.13. The lowest BCUT2D eigenvalue weighted by molar-refractivity contribution is -0.152. The van der Waals surface area contributed by atoms with Gasteiger partial charge in [-0.15, -0.1) is 0 Å². The van der Waals surface area contributed by atoms with E-state index in [1.807, 2.05) is 30.3 Å². The zero-order valence-corrected chi connectivity index (χ0v) is 19.5. The molecular weight excluding hydrogens is 440 g/mol. The summed E-state index contributed by atoms with van der Waals surface area (Å²) in [7, 11) is 3.01. The van der Waals surface area contributed by atoms with Gasteiger partial charge >= 0.3 is 11.9 Å². The van der Waals surface area contributed by atoms with Crippen LogP contribution in [0.1, 0.15) is 30.0 Å². The number of carbonyl (C=O) groups is 3. The van der Waals surface area contributed by atoms with E-state index >= 15 is 0 Å². The van der Waals surface area contributed by atoms with Crippen LogP contribution in [-0.2, 0) is 33.8 Å². The molecule has 0 fully saturated rings. The van der Waals surface area contributed by atoms with Crippen LogP contribution < -0.4 is 14.8 Å². The highest BCUT2D eigenvalue weighted by Gasteiger charge is 2.38. The maximum atomic E-state index is 13.3. The Kier molecular flexibility index (Phi) is 8.12. The van der Waals surface area contributed by atoms with Gasteiger partial charge in [-0.2, -0.15) is 0 Å². The van der Waals surface area contributed by atoms with Crippen molar-refractivity contribution in [1.29, 1.82) is 0 Å². The molecule has 1 aliphatic heterocycles. The van der Waals surface area contributed by atoms with Crippen LogP contribution in [0.15, 0.2) is 42.5 Å². The molecule has 0 saturated carbocycles. The molecule has 1 heterocycles.